The summed E-state index contributed by atoms with van der Waals surface area (Å²) in [7, 11) is 2.15. The minimum absolute atomic E-state index is 0.671. The molecular weight excluding hydrogens is 701 g/mol. The zero-order chi connectivity index (χ0) is 42.1. The number of hydrogen-bond acceptors (Lipinski definition) is 3. The van der Waals surface area contributed by atoms with E-state index in [0.717, 1.165) is 37.8 Å². The summed E-state index contributed by atoms with van der Waals surface area (Å²) >= 11 is 0. The maximum atomic E-state index is 4.29. The quantitative estimate of drug-likeness (QED) is 0.106. The lowest BCUT2D eigenvalue weighted by atomic mass is 9.73. The highest BCUT2D eigenvalue weighted by Crippen LogP contribution is 2.36. The van der Waals surface area contributed by atoms with Gasteiger partial charge in [-0.05, 0) is 111 Å². The maximum Gasteiger partial charge on any atom is 0.148 e. The van der Waals surface area contributed by atoms with E-state index in [0.29, 0.717) is 6.04 Å². The first-order valence-electron chi connectivity index (χ1n) is 22.9. The lowest BCUT2D eigenvalue weighted by Crippen LogP contribution is -2.34. The van der Waals surface area contributed by atoms with Gasteiger partial charge in [-0.3, -0.25) is 0 Å². The number of nitrogens with zero attached hydrogens (tertiary/aromatic N) is 1. The molecule has 0 amide bonds. The Morgan fingerprint density at radius 1 is 0.828 bits per heavy atom. The molecule has 3 aliphatic rings. The molecule has 3 nitrogen and oxygen atoms in total. The van der Waals surface area contributed by atoms with Crippen LogP contribution in [-0.4, -0.2) is 43.9 Å². The Labute approximate surface area is 357 Å². The molecule has 2 heterocycles. The Morgan fingerprint density at radius 3 is 1.97 bits per heavy atom. The number of allylic oxidation sites excluding steroid dienone is 5. The van der Waals surface area contributed by atoms with Gasteiger partial charge in [0.15, 0.2) is 0 Å². The van der Waals surface area contributed by atoms with Gasteiger partial charge in [0.25, 0.3) is 0 Å². The summed E-state index contributed by atoms with van der Waals surface area (Å²) < 4.78 is 0. The highest BCUT2D eigenvalue weighted by Gasteiger charge is 2.27. The molecule has 1 radical (unpaired) electrons. The molecule has 0 bridgehead atoms. The summed E-state index contributed by atoms with van der Waals surface area (Å²) in [5.74, 6) is 0.908. The van der Waals surface area contributed by atoms with E-state index >= 15 is 0 Å². The minimum Gasteiger partial charge on any atom is -0.364 e. The standard InChI is InChI=1S/C24H26B.C16H23N.C12H26N2.C2H4/c1-4-23(19-8-6-5-7-9-19)24(20-12-10-18(2)11-13-20)21-14-16-22(25-3)17-15-21;1-4-8-15(9-5-2)17-12-14-10-6-7-11-16(14)13(17)3;1-3-5-11(6-4-2)9-14-12-7-8-13-10-12;1-2/h6,8-17H,4-5,7H2,1-3H3;6-7,10-11,15H,3-5,8-9,12H2,1-2H3;11-14H,3-10H2,1-2H3;1-2H2/b24-23+;;;. The lowest BCUT2D eigenvalue weighted by molar-refractivity contribution is 0.266. The van der Waals surface area contributed by atoms with Gasteiger partial charge < -0.3 is 15.5 Å². The second-order valence-electron chi connectivity index (χ2n) is 16.1. The van der Waals surface area contributed by atoms with E-state index in [1.54, 1.807) is 0 Å². The normalized spacial score (nSPS) is 16.0. The van der Waals surface area contributed by atoms with Crippen LogP contribution < -0.4 is 16.1 Å². The fourth-order valence-electron chi connectivity index (χ4n) is 8.61. The van der Waals surface area contributed by atoms with Gasteiger partial charge in [0.1, 0.15) is 7.28 Å². The van der Waals surface area contributed by atoms with Gasteiger partial charge >= 0.3 is 0 Å². The number of hydrogen-bond donors (Lipinski definition) is 2. The van der Waals surface area contributed by atoms with Gasteiger partial charge in [-0.1, -0.05) is 176 Å². The molecule has 1 fully saturated rings. The highest BCUT2D eigenvalue weighted by molar-refractivity contribution is 6.51. The molecule has 3 aromatic carbocycles. The second-order valence-corrected chi connectivity index (χ2v) is 16.1. The van der Waals surface area contributed by atoms with Gasteiger partial charge in [-0.25, -0.2) is 0 Å². The average Bonchev–Trinajstić information content (AvgIpc) is 3.92. The minimum atomic E-state index is 0.671. The number of rotatable bonds is 17. The van der Waals surface area contributed by atoms with Crippen LogP contribution in [0.3, 0.4) is 0 Å². The van der Waals surface area contributed by atoms with Crippen LogP contribution >= 0.6 is 0 Å². The smallest absolute Gasteiger partial charge is 0.148 e. The Hall–Kier alpha value is -3.86. The van der Waals surface area contributed by atoms with Crippen LogP contribution in [0.4, 0.5) is 0 Å². The average molecular weight is 781 g/mol. The third-order valence-electron chi connectivity index (χ3n) is 11.7. The zero-order valence-corrected chi connectivity index (χ0v) is 37.9. The zero-order valence-electron chi connectivity index (χ0n) is 37.9. The largest absolute Gasteiger partial charge is 0.364 e. The SMILES string of the molecule is C=C.C=C1c2ccccc2CN1C(CCC)CCC.CCCC(CCC)CNC1CCNC1.C[B]c1ccc(/C(=C(\CC)C2=CCCC=C2)c2ccc(C)cc2)cc1. The molecule has 0 aromatic heterocycles. The number of nitrogens with one attached hydrogen (secondary N) is 2. The van der Waals surface area contributed by atoms with Gasteiger partial charge in [0, 0.05) is 36.4 Å². The first-order valence-corrected chi connectivity index (χ1v) is 22.9. The molecule has 1 atom stereocenters. The van der Waals surface area contributed by atoms with Crippen LogP contribution in [0.2, 0.25) is 6.82 Å². The first kappa shape index (κ1) is 48.5. The summed E-state index contributed by atoms with van der Waals surface area (Å²) in [6, 6.07) is 28.0. The Kier molecular flexibility index (Phi) is 23.2. The lowest BCUT2D eigenvalue weighted by Gasteiger charge is -2.30. The van der Waals surface area contributed by atoms with Crippen molar-refractivity contribution in [2.45, 2.75) is 144 Å². The molecule has 58 heavy (non-hydrogen) atoms. The number of aryl methyl sites for hydroxylation is 1. The van der Waals surface area contributed by atoms with Crippen molar-refractivity contribution in [2.24, 2.45) is 5.92 Å². The summed E-state index contributed by atoms with van der Waals surface area (Å²) in [6.07, 6.45) is 22.1. The first-order chi connectivity index (χ1) is 28.4. The second kappa shape index (κ2) is 27.8. The number of benzene rings is 3. The predicted octanol–water partition coefficient (Wildman–Crippen LogP) is 13.3. The van der Waals surface area contributed by atoms with Crippen molar-refractivity contribution in [3.8, 4) is 0 Å². The van der Waals surface area contributed by atoms with Crippen LogP contribution in [-0.2, 0) is 6.54 Å². The van der Waals surface area contributed by atoms with E-state index in [1.165, 1.54) is 133 Å². The predicted molar refractivity (Wildman–Crippen MR) is 260 cm³/mol. The van der Waals surface area contributed by atoms with Gasteiger partial charge in [0.05, 0.1) is 0 Å². The van der Waals surface area contributed by atoms with Crippen LogP contribution in [0.15, 0.2) is 122 Å². The van der Waals surface area contributed by atoms with Gasteiger partial charge in [0.2, 0.25) is 0 Å². The fourth-order valence-corrected chi connectivity index (χ4v) is 8.61. The van der Waals surface area contributed by atoms with Crippen molar-refractivity contribution in [1.29, 1.82) is 0 Å². The van der Waals surface area contributed by atoms with Gasteiger partial charge in [-0.15, -0.1) is 13.2 Å². The molecule has 1 saturated heterocycles. The molecule has 0 spiro atoms. The molecule has 3 aromatic rings. The molecule has 0 saturated carbocycles. The summed E-state index contributed by atoms with van der Waals surface area (Å²) in [4.78, 5) is 2.51. The summed E-state index contributed by atoms with van der Waals surface area (Å²) in [6.45, 7) is 30.6. The third-order valence-corrected chi connectivity index (χ3v) is 11.7. The molecule has 4 heteroatoms. The van der Waals surface area contributed by atoms with Crippen LogP contribution in [0, 0.1) is 12.8 Å². The van der Waals surface area contributed by atoms with Crippen molar-refractivity contribution in [2.75, 3.05) is 19.6 Å². The summed E-state index contributed by atoms with van der Waals surface area (Å²) in [5, 5.41) is 7.09. The maximum absolute atomic E-state index is 4.29. The van der Waals surface area contributed by atoms with E-state index < -0.39 is 0 Å². The van der Waals surface area contributed by atoms with Crippen molar-refractivity contribution in [1.82, 2.24) is 15.5 Å². The number of fused-ring (bicyclic) bond motifs is 1. The Morgan fingerprint density at radius 2 is 1.45 bits per heavy atom. The Balaban J connectivity index is 0.000000239. The van der Waals surface area contributed by atoms with Crippen LogP contribution in [0.25, 0.3) is 11.3 Å². The van der Waals surface area contributed by atoms with Crippen molar-refractivity contribution in [3.63, 3.8) is 0 Å². The van der Waals surface area contributed by atoms with Gasteiger partial charge in [-0.2, -0.15) is 0 Å². The third kappa shape index (κ3) is 15.1. The fraction of sp³-hybridized carbons (Fsp3) is 0.481. The molecule has 1 aliphatic carbocycles. The van der Waals surface area contributed by atoms with Crippen LogP contribution in [0.5, 0.6) is 0 Å². The van der Waals surface area contributed by atoms with E-state index in [-0.39, 0.29) is 0 Å². The molecule has 313 valence electrons. The highest BCUT2D eigenvalue weighted by atomic mass is 15.2. The van der Waals surface area contributed by atoms with Crippen molar-refractivity contribution >= 4 is 24.0 Å². The van der Waals surface area contributed by atoms with E-state index in [4.69, 9.17) is 0 Å². The van der Waals surface area contributed by atoms with E-state index in [1.807, 2.05) is 0 Å². The van der Waals surface area contributed by atoms with Crippen molar-refractivity contribution < 1.29 is 0 Å². The summed E-state index contributed by atoms with van der Waals surface area (Å²) in [5.41, 5.74) is 13.4. The molecule has 2 N–H and O–H groups in total. The molecule has 1 unspecified atom stereocenters. The van der Waals surface area contributed by atoms with Crippen LogP contribution in [0.1, 0.15) is 139 Å². The Bertz CT molecular complexity index is 1680. The van der Waals surface area contributed by atoms with Crippen molar-refractivity contribution in [3.05, 3.63) is 150 Å². The topological polar surface area (TPSA) is 27.3 Å². The molecule has 6 rings (SSSR count). The molecular formula is C54H79BN3. The van der Waals surface area contributed by atoms with E-state index in [2.05, 4.69) is 182 Å². The monoisotopic (exact) mass is 781 g/mol. The molecule has 2 aliphatic heterocycles. The van der Waals surface area contributed by atoms with E-state index in [9.17, 15) is 0 Å².